The molecule has 0 radical (unpaired) electrons. The molecule has 0 unspecified atom stereocenters. The number of carbonyl (C=O) groups is 2. The third-order valence-corrected chi connectivity index (χ3v) is 1.90. The molecular weight excluding hydrogens is 196 g/mol. The van der Waals surface area contributed by atoms with Gasteiger partial charge in [0.05, 0.1) is 5.52 Å². The SMILES string of the molecule is CC(=O)OC(=O)c1n[nH]c2ccccc12. The molecule has 76 valence electrons. The predicted octanol–water partition coefficient (Wildman–Crippen LogP) is 1.27. The Morgan fingerprint density at radius 1 is 1.33 bits per heavy atom. The largest absolute Gasteiger partial charge is 0.388 e. The van der Waals surface area contributed by atoms with Crippen LogP contribution in [0.2, 0.25) is 0 Å². The summed E-state index contributed by atoms with van der Waals surface area (Å²) in [5, 5.41) is 7.12. The second-order valence-electron chi connectivity index (χ2n) is 3.00. The van der Waals surface area contributed by atoms with Gasteiger partial charge in [-0.15, -0.1) is 0 Å². The van der Waals surface area contributed by atoms with Gasteiger partial charge < -0.3 is 4.74 Å². The molecule has 1 heterocycles. The molecular formula is C10H8N2O3. The number of fused-ring (bicyclic) bond motifs is 1. The minimum Gasteiger partial charge on any atom is -0.388 e. The molecule has 0 aliphatic carbocycles. The second kappa shape index (κ2) is 3.53. The van der Waals surface area contributed by atoms with Crippen LogP contribution >= 0.6 is 0 Å². The molecule has 0 amide bonds. The summed E-state index contributed by atoms with van der Waals surface area (Å²) in [4.78, 5) is 22.0. The van der Waals surface area contributed by atoms with Crippen LogP contribution in [0.1, 0.15) is 17.4 Å². The lowest BCUT2D eigenvalue weighted by Gasteiger charge is -1.95. The average molecular weight is 204 g/mol. The van der Waals surface area contributed by atoms with Crippen LogP contribution in [0.5, 0.6) is 0 Å². The van der Waals surface area contributed by atoms with E-state index in [1.807, 2.05) is 6.07 Å². The van der Waals surface area contributed by atoms with Crippen molar-refractivity contribution in [2.45, 2.75) is 6.92 Å². The maximum absolute atomic E-state index is 11.4. The van der Waals surface area contributed by atoms with E-state index in [0.29, 0.717) is 5.39 Å². The molecule has 2 rings (SSSR count). The molecule has 0 bridgehead atoms. The van der Waals surface area contributed by atoms with Gasteiger partial charge in [-0.25, -0.2) is 4.79 Å². The Morgan fingerprint density at radius 2 is 2.07 bits per heavy atom. The van der Waals surface area contributed by atoms with E-state index in [1.165, 1.54) is 6.92 Å². The van der Waals surface area contributed by atoms with Crippen molar-refractivity contribution in [3.63, 3.8) is 0 Å². The van der Waals surface area contributed by atoms with Gasteiger partial charge in [0.2, 0.25) is 0 Å². The van der Waals surface area contributed by atoms with Gasteiger partial charge in [-0.3, -0.25) is 9.89 Å². The number of esters is 2. The van der Waals surface area contributed by atoms with E-state index in [4.69, 9.17) is 0 Å². The van der Waals surface area contributed by atoms with Gasteiger partial charge in [-0.2, -0.15) is 5.10 Å². The fraction of sp³-hybridized carbons (Fsp3) is 0.100. The zero-order valence-corrected chi connectivity index (χ0v) is 7.98. The molecule has 5 heteroatoms. The standard InChI is InChI=1S/C10H8N2O3/c1-6(13)15-10(14)9-7-4-2-3-5-8(7)11-12-9/h2-5H,1H3,(H,11,12). The van der Waals surface area contributed by atoms with Gasteiger partial charge in [-0.05, 0) is 6.07 Å². The van der Waals surface area contributed by atoms with Gasteiger partial charge in [0.1, 0.15) is 0 Å². The lowest BCUT2D eigenvalue weighted by Crippen LogP contribution is -2.09. The first kappa shape index (κ1) is 9.39. The van der Waals surface area contributed by atoms with Crippen LogP contribution in [0.3, 0.4) is 0 Å². The van der Waals surface area contributed by atoms with Crippen LogP contribution in [0.25, 0.3) is 10.9 Å². The van der Waals surface area contributed by atoms with Crippen molar-refractivity contribution in [2.75, 3.05) is 0 Å². The number of H-pyrrole nitrogens is 1. The lowest BCUT2D eigenvalue weighted by atomic mass is 10.2. The molecule has 0 spiro atoms. The molecule has 15 heavy (non-hydrogen) atoms. The Hall–Kier alpha value is -2.17. The molecule has 0 fully saturated rings. The summed E-state index contributed by atoms with van der Waals surface area (Å²) in [7, 11) is 0. The minimum atomic E-state index is -0.736. The van der Waals surface area contributed by atoms with Crippen LogP contribution < -0.4 is 0 Å². The normalized spacial score (nSPS) is 10.2. The number of nitrogens with one attached hydrogen (secondary N) is 1. The van der Waals surface area contributed by atoms with Crippen molar-refractivity contribution < 1.29 is 14.3 Å². The molecule has 1 aromatic carbocycles. The Balaban J connectivity index is 2.44. The smallest absolute Gasteiger partial charge is 0.367 e. The van der Waals surface area contributed by atoms with Crippen molar-refractivity contribution in [2.24, 2.45) is 0 Å². The Labute approximate surface area is 85.0 Å². The molecule has 0 atom stereocenters. The van der Waals surface area contributed by atoms with E-state index < -0.39 is 11.9 Å². The monoisotopic (exact) mass is 204 g/mol. The average Bonchev–Trinajstić information content (AvgIpc) is 2.59. The zero-order valence-electron chi connectivity index (χ0n) is 7.98. The van der Waals surface area contributed by atoms with Crippen LogP contribution in [0.4, 0.5) is 0 Å². The van der Waals surface area contributed by atoms with E-state index >= 15 is 0 Å². The van der Waals surface area contributed by atoms with Crippen LogP contribution in [-0.2, 0) is 9.53 Å². The number of nitrogens with zero attached hydrogens (tertiary/aromatic N) is 1. The van der Waals surface area contributed by atoms with Crippen LogP contribution in [0.15, 0.2) is 24.3 Å². The summed E-state index contributed by atoms with van der Waals surface area (Å²) in [6.07, 6.45) is 0. The third kappa shape index (κ3) is 1.71. The van der Waals surface area contributed by atoms with E-state index in [1.54, 1.807) is 18.2 Å². The summed E-state index contributed by atoms with van der Waals surface area (Å²) in [6.45, 7) is 1.17. The van der Waals surface area contributed by atoms with E-state index in [-0.39, 0.29) is 5.69 Å². The maximum atomic E-state index is 11.4. The number of aromatic amines is 1. The third-order valence-electron chi connectivity index (χ3n) is 1.90. The molecule has 1 N–H and O–H groups in total. The summed E-state index contributed by atoms with van der Waals surface area (Å²) in [6, 6.07) is 7.12. The minimum absolute atomic E-state index is 0.126. The molecule has 2 aromatic rings. The first-order valence-corrected chi connectivity index (χ1v) is 4.34. The van der Waals surface area contributed by atoms with E-state index in [0.717, 1.165) is 5.52 Å². The van der Waals surface area contributed by atoms with Crippen molar-refractivity contribution >= 4 is 22.8 Å². The highest BCUT2D eigenvalue weighted by Gasteiger charge is 2.16. The molecule has 1 aromatic heterocycles. The Kier molecular flexibility index (Phi) is 2.21. The second-order valence-corrected chi connectivity index (χ2v) is 3.00. The first-order chi connectivity index (χ1) is 7.18. The molecule has 0 aliphatic rings. The molecule has 0 saturated heterocycles. The quantitative estimate of drug-likeness (QED) is 0.560. The van der Waals surface area contributed by atoms with Crippen LogP contribution in [0, 0.1) is 0 Å². The molecule has 0 aliphatic heterocycles. The summed E-state index contributed by atoms with van der Waals surface area (Å²) < 4.78 is 4.44. The first-order valence-electron chi connectivity index (χ1n) is 4.34. The van der Waals surface area contributed by atoms with Crippen molar-refractivity contribution in [3.05, 3.63) is 30.0 Å². The highest BCUT2D eigenvalue weighted by atomic mass is 16.6. The van der Waals surface area contributed by atoms with Crippen molar-refractivity contribution in [1.82, 2.24) is 10.2 Å². The highest BCUT2D eigenvalue weighted by Crippen LogP contribution is 2.15. The van der Waals surface area contributed by atoms with Gasteiger partial charge in [-0.1, -0.05) is 18.2 Å². The van der Waals surface area contributed by atoms with E-state index in [2.05, 4.69) is 14.9 Å². The number of carbonyl (C=O) groups excluding carboxylic acids is 2. The van der Waals surface area contributed by atoms with E-state index in [9.17, 15) is 9.59 Å². The van der Waals surface area contributed by atoms with Crippen LogP contribution in [-0.4, -0.2) is 22.1 Å². The number of aromatic nitrogens is 2. The maximum Gasteiger partial charge on any atom is 0.367 e. The number of ether oxygens (including phenoxy) is 1. The zero-order chi connectivity index (χ0) is 10.8. The summed E-state index contributed by atoms with van der Waals surface area (Å²) in [5.41, 5.74) is 0.855. The lowest BCUT2D eigenvalue weighted by molar-refractivity contribution is -0.135. The van der Waals surface area contributed by atoms with Gasteiger partial charge >= 0.3 is 11.9 Å². The number of hydrogen-bond donors (Lipinski definition) is 1. The Bertz CT molecular complexity index is 530. The Morgan fingerprint density at radius 3 is 2.80 bits per heavy atom. The number of rotatable bonds is 1. The predicted molar refractivity (Wildman–Crippen MR) is 52.2 cm³/mol. The highest BCUT2D eigenvalue weighted by molar-refractivity contribution is 6.04. The molecule has 0 saturated carbocycles. The molecule has 5 nitrogen and oxygen atoms in total. The number of para-hydroxylation sites is 1. The van der Waals surface area contributed by atoms with Gasteiger partial charge in [0.15, 0.2) is 5.69 Å². The van der Waals surface area contributed by atoms with Gasteiger partial charge in [0.25, 0.3) is 0 Å². The van der Waals surface area contributed by atoms with Crippen molar-refractivity contribution in [3.8, 4) is 0 Å². The number of hydrogen-bond acceptors (Lipinski definition) is 4. The van der Waals surface area contributed by atoms with Gasteiger partial charge in [0, 0.05) is 12.3 Å². The van der Waals surface area contributed by atoms with Crippen molar-refractivity contribution in [1.29, 1.82) is 0 Å². The summed E-state index contributed by atoms with van der Waals surface area (Å²) in [5.74, 6) is -1.38. The fourth-order valence-corrected chi connectivity index (χ4v) is 1.30. The topological polar surface area (TPSA) is 72.1 Å². The summed E-state index contributed by atoms with van der Waals surface area (Å²) >= 11 is 0. The number of benzene rings is 1. The fourth-order valence-electron chi connectivity index (χ4n) is 1.30.